The number of ether oxygens (including phenoxy) is 2. The molecule has 4 nitrogen and oxygen atoms in total. The second-order valence-electron chi connectivity index (χ2n) is 8.44. The highest BCUT2D eigenvalue weighted by Gasteiger charge is 2.39. The number of hydrogen-bond donors (Lipinski definition) is 1. The summed E-state index contributed by atoms with van der Waals surface area (Å²) in [5, 5.41) is 10.6. The van der Waals surface area contributed by atoms with Crippen molar-refractivity contribution in [3.63, 3.8) is 0 Å². The van der Waals surface area contributed by atoms with Crippen LogP contribution in [0.1, 0.15) is 66.2 Å². The summed E-state index contributed by atoms with van der Waals surface area (Å²) in [5.74, 6) is 0. The van der Waals surface area contributed by atoms with Gasteiger partial charge in [0.25, 0.3) is 0 Å². The number of methoxy groups -OCH3 is 1. The van der Waals surface area contributed by atoms with Gasteiger partial charge in [0.15, 0.2) is 8.32 Å². The Morgan fingerprint density at radius 2 is 1.84 bits per heavy atom. The third kappa shape index (κ3) is 9.90. The molecule has 0 aromatic rings. The van der Waals surface area contributed by atoms with E-state index in [0.29, 0.717) is 12.8 Å². The van der Waals surface area contributed by atoms with Crippen LogP contribution in [0.5, 0.6) is 0 Å². The summed E-state index contributed by atoms with van der Waals surface area (Å²) >= 11 is 0. The van der Waals surface area contributed by atoms with E-state index < -0.39 is 14.4 Å². The first-order valence-electron chi connectivity index (χ1n) is 9.66. The lowest BCUT2D eigenvalue weighted by Crippen LogP contribution is -2.45. The molecule has 1 N–H and O–H groups in total. The van der Waals surface area contributed by atoms with Gasteiger partial charge in [-0.1, -0.05) is 53.0 Å². The van der Waals surface area contributed by atoms with Gasteiger partial charge < -0.3 is 19.0 Å². The van der Waals surface area contributed by atoms with Crippen LogP contribution < -0.4 is 0 Å². The molecule has 0 heterocycles. The van der Waals surface area contributed by atoms with E-state index in [-0.39, 0.29) is 24.0 Å². The number of rotatable bonds is 14. The van der Waals surface area contributed by atoms with Crippen LogP contribution in [-0.2, 0) is 13.9 Å². The fourth-order valence-electron chi connectivity index (χ4n) is 2.51. The molecule has 0 amide bonds. The summed E-state index contributed by atoms with van der Waals surface area (Å²) in [7, 11) is -0.269. The molecule has 0 aromatic carbocycles. The predicted octanol–water partition coefficient (Wildman–Crippen LogP) is 5.27. The van der Waals surface area contributed by atoms with Gasteiger partial charge in [0.1, 0.15) is 6.79 Å². The van der Waals surface area contributed by atoms with Gasteiger partial charge in [-0.2, -0.15) is 0 Å². The molecule has 0 bridgehead atoms. The molecule has 0 saturated carbocycles. The molecular formula is C20H42O4Si. The molecule has 25 heavy (non-hydrogen) atoms. The van der Waals surface area contributed by atoms with E-state index in [9.17, 15) is 5.11 Å². The summed E-state index contributed by atoms with van der Waals surface area (Å²) in [6.07, 6.45) is 6.70. The Kier molecular flexibility index (Phi) is 12.1. The number of hydrogen-bond acceptors (Lipinski definition) is 4. The predicted molar refractivity (Wildman–Crippen MR) is 108 cm³/mol. The highest BCUT2D eigenvalue weighted by Crippen LogP contribution is 2.38. The lowest BCUT2D eigenvalue weighted by Gasteiger charge is -2.40. The van der Waals surface area contributed by atoms with Crippen molar-refractivity contribution in [3.8, 4) is 0 Å². The Morgan fingerprint density at radius 1 is 1.20 bits per heavy atom. The van der Waals surface area contributed by atoms with Crippen LogP contribution in [0, 0.1) is 0 Å². The molecule has 0 unspecified atom stereocenters. The van der Waals surface area contributed by atoms with Crippen molar-refractivity contribution in [1.29, 1.82) is 0 Å². The molecule has 0 aliphatic carbocycles. The zero-order valence-corrected chi connectivity index (χ0v) is 18.6. The molecule has 0 fully saturated rings. The van der Waals surface area contributed by atoms with Crippen LogP contribution >= 0.6 is 0 Å². The molecule has 0 spiro atoms. The maximum absolute atomic E-state index is 10.4. The molecule has 0 saturated heterocycles. The normalized spacial score (nSPS) is 16.5. The van der Waals surface area contributed by atoms with E-state index >= 15 is 0 Å². The largest absolute Gasteiger partial charge is 0.414 e. The SMILES string of the molecule is C=CC[C@H](O)[C@H](C[C@@H](CCCCC)O[Si](C)(C)C(C)(C)C)OCOC. The lowest BCUT2D eigenvalue weighted by atomic mass is 10.00. The zero-order valence-electron chi connectivity index (χ0n) is 17.6. The summed E-state index contributed by atoms with van der Waals surface area (Å²) < 4.78 is 17.5. The molecule has 150 valence electrons. The fraction of sp³-hybridized carbons (Fsp3) is 0.900. The van der Waals surface area contributed by atoms with E-state index in [1.165, 1.54) is 12.8 Å². The topological polar surface area (TPSA) is 47.9 Å². The number of unbranched alkanes of at least 4 members (excludes halogenated alkanes) is 2. The smallest absolute Gasteiger partial charge is 0.192 e. The van der Waals surface area contributed by atoms with E-state index in [0.717, 1.165) is 12.8 Å². The van der Waals surface area contributed by atoms with Crippen molar-refractivity contribution < 1.29 is 19.0 Å². The van der Waals surface area contributed by atoms with Crippen molar-refractivity contribution in [1.82, 2.24) is 0 Å². The Bertz CT molecular complexity index is 352. The first-order chi connectivity index (χ1) is 11.6. The van der Waals surface area contributed by atoms with Gasteiger partial charge in [-0.05, 0) is 31.0 Å². The van der Waals surface area contributed by atoms with Crippen molar-refractivity contribution in [2.45, 2.75) is 103 Å². The van der Waals surface area contributed by atoms with Crippen LogP contribution in [0.15, 0.2) is 12.7 Å². The highest BCUT2D eigenvalue weighted by atomic mass is 28.4. The Labute approximate surface area is 157 Å². The fourth-order valence-corrected chi connectivity index (χ4v) is 3.91. The summed E-state index contributed by atoms with van der Waals surface area (Å²) in [6.45, 7) is 17.5. The third-order valence-corrected chi connectivity index (χ3v) is 9.66. The lowest BCUT2D eigenvalue weighted by molar-refractivity contribution is -0.122. The van der Waals surface area contributed by atoms with Crippen LogP contribution in [-0.4, -0.2) is 45.6 Å². The minimum Gasteiger partial charge on any atom is -0.414 e. The maximum atomic E-state index is 10.4. The van der Waals surface area contributed by atoms with Crippen LogP contribution in [0.2, 0.25) is 18.1 Å². The van der Waals surface area contributed by atoms with Gasteiger partial charge >= 0.3 is 0 Å². The monoisotopic (exact) mass is 374 g/mol. The second-order valence-corrected chi connectivity index (χ2v) is 13.2. The van der Waals surface area contributed by atoms with Gasteiger partial charge in [0.2, 0.25) is 0 Å². The molecule has 0 aliphatic rings. The molecule has 0 rings (SSSR count). The molecule has 0 aromatic heterocycles. The summed E-state index contributed by atoms with van der Waals surface area (Å²) in [5.41, 5.74) is 0. The van der Waals surface area contributed by atoms with Gasteiger partial charge in [0, 0.05) is 19.6 Å². The summed E-state index contributed by atoms with van der Waals surface area (Å²) in [4.78, 5) is 0. The Balaban J connectivity index is 5.10. The molecule has 0 radical (unpaired) electrons. The molecular weight excluding hydrogens is 332 g/mol. The van der Waals surface area contributed by atoms with Crippen LogP contribution in [0.3, 0.4) is 0 Å². The molecule has 3 atom stereocenters. The van der Waals surface area contributed by atoms with Crippen molar-refractivity contribution in [2.75, 3.05) is 13.9 Å². The highest BCUT2D eigenvalue weighted by molar-refractivity contribution is 6.74. The minimum atomic E-state index is -1.87. The first-order valence-corrected chi connectivity index (χ1v) is 12.6. The third-order valence-electron chi connectivity index (χ3n) is 5.13. The van der Waals surface area contributed by atoms with Crippen molar-refractivity contribution >= 4 is 8.32 Å². The Morgan fingerprint density at radius 3 is 2.32 bits per heavy atom. The molecule has 0 aliphatic heterocycles. The van der Waals surface area contributed by atoms with E-state index in [1.54, 1.807) is 13.2 Å². The van der Waals surface area contributed by atoms with Gasteiger partial charge in [-0.3, -0.25) is 0 Å². The van der Waals surface area contributed by atoms with E-state index in [2.05, 4.69) is 47.4 Å². The maximum Gasteiger partial charge on any atom is 0.192 e. The van der Waals surface area contributed by atoms with E-state index in [4.69, 9.17) is 13.9 Å². The average molecular weight is 375 g/mol. The van der Waals surface area contributed by atoms with Crippen molar-refractivity contribution in [3.05, 3.63) is 12.7 Å². The van der Waals surface area contributed by atoms with Crippen molar-refractivity contribution in [2.24, 2.45) is 0 Å². The quantitative estimate of drug-likeness (QED) is 0.195. The Hall–Kier alpha value is -0.203. The number of aliphatic hydroxyl groups excluding tert-OH is 1. The van der Waals surface area contributed by atoms with Gasteiger partial charge in [-0.25, -0.2) is 0 Å². The average Bonchev–Trinajstić information content (AvgIpc) is 2.50. The second kappa shape index (κ2) is 12.2. The summed E-state index contributed by atoms with van der Waals surface area (Å²) in [6, 6.07) is 0. The van der Waals surface area contributed by atoms with Crippen LogP contribution in [0.4, 0.5) is 0 Å². The van der Waals surface area contributed by atoms with Gasteiger partial charge in [-0.15, -0.1) is 6.58 Å². The van der Waals surface area contributed by atoms with Crippen LogP contribution in [0.25, 0.3) is 0 Å². The zero-order chi connectivity index (χ0) is 19.5. The number of aliphatic hydroxyl groups is 1. The molecule has 5 heteroatoms. The standard InChI is InChI=1S/C20H42O4Si/c1-9-11-12-14-17(24-25(7,8)20(3,4)5)15-19(23-16-22-6)18(21)13-10-2/h10,17-19,21H,2,9,11-16H2,1,3-8H3/t17-,18+,19+/m1/s1. The minimum absolute atomic E-state index is 0.105. The van der Waals surface area contributed by atoms with Gasteiger partial charge in [0.05, 0.1) is 12.2 Å². The van der Waals surface area contributed by atoms with E-state index in [1.807, 2.05) is 0 Å². The first kappa shape index (κ1) is 24.8.